The second-order valence-corrected chi connectivity index (χ2v) is 5.98. The maximum atomic E-state index is 12.4. The highest BCUT2D eigenvalue weighted by Crippen LogP contribution is 2.21. The number of nitrogens with one attached hydrogen (secondary N) is 2. The zero-order chi connectivity index (χ0) is 15.5. The summed E-state index contributed by atoms with van der Waals surface area (Å²) in [6.45, 7) is 1.17. The van der Waals surface area contributed by atoms with Crippen LogP contribution in [-0.4, -0.2) is 47.1 Å². The van der Waals surface area contributed by atoms with Gasteiger partial charge in [0, 0.05) is 25.2 Å². The van der Waals surface area contributed by atoms with Gasteiger partial charge in [0.25, 0.3) is 5.91 Å². The summed E-state index contributed by atoms with van der Waals surface area (Å²) >= 11 is 0. The molecule has 1 aromatic rings. The number of hydrogen-bond acceptors (Lipinski definition) is 3. The first-order valence-electron chi connectivity index (χ1n) is 7.78. The van der Waals surface area contributed by atoms with E-state index in [0.29, 0.717) is 24.7 Å². The van der Waals surface area contributed by atoms with E-state index in [2.05, 4.69) is 10.6 Å². The molecule has 0 bridgehead atoms. The van der Waals surface area contributed by atoms with Crippen molar-refractivity contribution in [1.29, 1.82) is 0 Å². The fourth-order valence-electron chi connectivity index (χ4n) is 2.69. The average Bonchev–Trinajstić information content (AvgIpc) is 3.31. The summed E-state index contributed by atoms with van der Waals surface area (Å²) in [4.78, 5) is 25.8. The number of piperidine rings is 1. The van der Waals surface area contributed by atoms with E-state index >= 15 is 0 Å². The van der Waals surface area contributed by atoms with E-state index in [9.17, 15) is 14.7 Å². The zero-order valence-electron chi connectivity index (χ0n) is 12.4. The summed E-state index contributed by atoms with van der Waals surface area (Å²) in [7, 11) is 0. The molecule has 0 spiro atoms. The number of para-hydroxylation sites is 1. The minimum atomic E-state index is -0.154. The highest BCUT2D eigenvalue weighted by molar-refractivity contribution is 5.96. The van der Waals surface area contributed by atoms with Gasteiger partial charge in [-0.3, -0.25) is 4.79 Å². The van der Waals surface area contributed by atoms with E-state index in [4.69, 9.17) is 0 Å². The Bertz CT molecular complexity index is 564. The van der Waals surface area contributed by atoms with E-state index < -0.39 is 0 Å². The van der Waals surface area contributed by atoms with Gasteiger partial charge in [-0.15, -0.1) is 0 Å². The summed E-state index contributed by atoms with van der Waals surface area (Å²) in [6.07, 6.45) is 3.61. The lowest BCUT2D eigenvalue weighted by Gasteiger charge is -2.32. The smallest absolute Gasteiger partial charge is 0.315 e. The van der Waals surface area contributed by atoms with E-state index in [-0.39, 0.29) is 23.7 Å². The predicted molar refractivity (Wildman–Crippen MR) is 81.7 cm³/mol. The van der Waals surface area contributed by atoms with Crippen molar-refractivity contribution < 1.29 is 14.7 Å². The molecule has 1 aliphatic heterocycles. The van der Waals surface area contributed by atoms with E-state index in [0.717, 1.165) is 25.7 Å². The number of aromatic hydroxyl groups is 1. The number of carbonyl (C=O) groups excluding carboxylic acids is 2. The highest BCUT2D eigenvalue weighted by atomic mass is 16.3. The van der Waals surface area contributed by atoms with Crippen LogP contribution in [0.2, 0.25) is 0 Å². The van der Waals surface area contributed by atoms with Crippen molar-refractivity contribution in [2.75, 3.05) is 13.1 Å². The van der Waals surface area contributed by atoms with Gasteiger partial charge in [-0.2, -0.15) is 0 Å². The van der Waals surface area contributed by atoms with Gasteiger partial charge in [-0.1, -0.05) is 12.1 Å². The van der Waals surface area contributed by atoms with Gasteiger partial charge in [0.15, 0.2) is 0 Å². The Kier molecular flexibility index (Phi) is 4.18. The van der Waals surface area contributed by atoms with Gasteiger partial charge in [0.2, 0.25) is 0 Å². The molecule has 22 heavy (non-hydrogen) atoms. The van der Waals surface area contributed by atoms with Crippen molar-refractivity contribution in [2.45, 2.75) is 37.8 Å². The van der Waals surface area contributed by atoms with Crippen LogP contribution in [0, 0.1) is 0 Å². The number of hydrogen-bond donors (Lipinski definition) is 3. The fourth-order valence-corrected chi connectivity index (χ4v) is 2.69. The van der Waals surface area contributed by atoms with Crippen LogP contribution in [0.1, 0.15) is 36.0 Å². The van der Waals surface area contributed by atoms with Crippen molar-refractivity contribution in [2.24, 2.45) is 0 Å². The molecule has 3 N–H and O–H groups in total. The molecule has 1 heterocycles. The average molecular weight is 303 g/mol. The quantitative estimate of drug-likeness (QED) is 0.790. The summed E-state index contributed by atoms with van der Waals surface area (Å²) in [6, 6.07) is 6.93. The predicted octanol–water partition coefficient (Wildman–Crippen LogP) is 1.46. The van der Waals surface area contributed by atoms with Crippen LogP contribution >= 0.6 is 0 Å². The monoisotopic (exact) mass is 303 g/mol. The summed E-state index contributed by atoms with van der Waals surface area (Å²) in [5.41, 5.74) is 0.334. The summed E-state index contributed by atoms with van der Waals surface area (Å²) < 4.78 is 0. The molecule has 1 saturated carbocycles. The lowest BCUT2D eigenvalue weighted by atomic mass is 10.0. The van der Waals surface area contributed by atoms with Gasteiger partial charge in [0.1, 0.15) is 5.75 Å². The summed E-state index contributed by atoms with van der Waals surface area (Å²) in [5, 5.41) is 15.6. The maximum absolute atomic E-state index is 12.4. The first kappa shape index (κ1) is 14.7. The van der Waals surface area contributed by atoms with Gasteiger partial charge < -0.3 is 20.6 Å². The largest absolute Gasteiger partial charge is 0.507 e. The third kappa shape index (κ3) is 3.50. The number of nitrogens with zero attached hydrogens (tertiary/aromatic N) is 1. The van der Waals surface area contributed by atoms with E-state index in [1.807, 2.05) is 0 Å². The standard InChI is InChI=1S/C16H21N3O3/c20-14-4-2-1-3-13(14)15(21)19-9-7-12(8-10-19)18-16(22)17-11-5-6-11/h1-4,11-12,20H,5-10H2,(H2,17,18,22). The molecule has 2 aliphatic rings. The molecule has 1 saturated heterocycles. The molecule has 6 heteroatoms. The van der Waals surface area contributed by atoms with Crippen molar-refractivity contribution in [3.63, 3.8) is 0 Å². The lowest BCUT2D eigenvalue weighted by Crippen LogP contribution is -2.49. The second-order valence-electron chi connectivity index (χ2n) is 5.98. The molecular formula is C16H21N3O3. The Morgan fingerprint density at radius 1 is 1.00 bits per heavy atom. The van der Waals surface area contributed by atoms with Gasteiger partial charge in [0.05, 0.1) is 5.56 Å². The highest BCUT2D eigenvalue weighted by Gasteiger charge is 2.27. The van der Waals surface area contributed by atoms with Crippen molar-refractivity contribution in [3.05, 3.63) is 29.8 Å². The molecule has 0 unspecified atom stereocenters. The molecule has 2 fully saturated rings. The number of phenols is 1. The Hall–Kier alpha value is -2.24. The Balaban J connectivity index is 1.49. The van der Waals surface area contributed by atoms with Crippen LogP contribution in [-0.2, 0) is 0 Å². The van der Waals surface area contributed by atoms with Crippen LogP contribution in [0.5, 0.6) is 5.75 Å². The molecule has 6 nitrogen and oxygen atoms in total. The number of carbonyl (C=O) groups is 2. The SMILES string of the molecule is O=C(NC1CC1)NC1CCN(C(=O)c2ccccc2O)CC1. The van der Waals surface area contributed by atoms with Crippen molar-refractivity contribution in [3.8, 4) is 5.75 Å². The number of rotatable bonds is 3. The number of benzene rings is 1. The number of phenolic OH excluding ortho intramolecular Hbond substituents is 1. The first-order chi connectivity index (χ1) is 10.6. The second kappa shape index (κ2) is 6.25. The van der Waals surface area contributed by atoms with Crippen LogP contribution in [0.4, 0.5) is 4.79 Å². The molecule has 0 aromatic heterocycles. The topological polar surface area (TPSA) is 81.7 Å². The zero-order valence-corrected chi connectivity index (χ0v) is 12.4. The van der Waals surface area contributed by atoms with Crippen molar-refractivity contribution in [1.82, 2.24) is 15.5 Å². The molecular weight excluding hydrogens is 282 g/mol. The first-order valence-corrected chi connectivity index (χ1v) is 7.78. The Labute approximate surface area is 129 Å². The van der Waals surface area contributed by atoms with Gasteiger partial charge in [-0.25, -0.2) is 4.79 Å². The normalized spacial score (nSPS) is 18.8. The third-order valence-corrected chi connectivity index (χ3v) is 4.16. The minimum Gasteiger partial charge on any atom is -0.507 e. The molecule has 1 aromatic carbocycles. The van der Waals surface area contributed by atoms with Crippen LogP contribution in [0.25, 0.3) is 0 Å². The van der Waals surface area contributed by atoms with Crippen LogP contribution < -0.4 is 10.6 Å². The number of likely N-dealkylation sites (tertiary alicyclic amines) is 1. The molecule has 118 valence electrons. The summed E-state index contributed by atoms with van der Waals surface area (Å²) in [5.74, 6) is -0.143. The third-order valence-electron chi connectivity index (χ3n) is 4.16. The molecule has 0 atom stereocenters. The van der Waals surface area contributed by atoms with Crippen LogP contribution in [0.15, 0.2) is 24.3 Å². The molecule has 1 aliphatic carbocycles. The molecule has 0 radical (unpaired) electrons. The maximum Gasteiger partial charge on any atom is 0.315 e. The van der Waals surface area contributed by atoms with Gasteiger partial charge in [-0.05, 0) is 37.8 Å². The van der Waals surface area contributed by atoms with Crippen LogP contribution in [0.3, 0.4) is 0 Å². The number of amides is 3. The molecule has 3 rings (SSSR count). The van der Waals surface area contributed by atoms with E-state index in [1.165, 1.54) is 6.07 Å². The lowest BCUT2D eigenvalue weighted by molar-refractivity contribution is 0.0705. The van der Waals surface area contributed by atoms with Crippen molar-refractivity contribution >= 4 is 11.9 Å². The fraction of sp³-hybridized carbons (Fsp3) is 0.500. The van der Waals surface area contributed by atoms with E-state index in [1.54, 1.807) is 23.1 Å². The number of urea groups is 1. The molecule has 3 amide bonds. The van der Waals surface area contributed by atoms with Gasteiger partial charge >= 0.3 is 6.03 Å². The minimum absolute atomic E-state index is 0.0107. The Morgan fingerprint density at radius 2 is 1.59 bits per heavy atom. The Morgan fingerprint density at radius 3 is 2.18 bits per heavy atom.